The smallest absolute Gasteiger partial charge is 0.0672 e. The van der Waals surface area contributed by atoms with Gasteiger partial charge in [-0.2, -0.15) is 5.26 Å². The molecule has 0 amide bonds. The van der Waals surface area contributed by atoms with Crippen LogP contribution in [0.2, 0.25) is 0 Å². The summed E-state index contributed by atoms with van der Waals surface area (Å²) in [6, 6.07) is 2.37. The Labute approximate surface area is 61.2 Å². The van der Waals surface area contributed by atoms with E-state index >= 15 is 0 Å². The van der Waals surface area contributed by atoms with Crippen LogP contribution in [0.4, 0.5) is 0 Å². The van der Waals surface area contributed by atoms with Gasteiger partial charge in [0.2, 0.25) is 0 Å². The second kappa shape index (κ2) is 2.25. The number of hydrogen-bond acceptors (Lipinski definition) is 2. The van der Waals surface area contributed by atoms with E-state index in [2.05, 4.69) is 11.4 Å². The van der Waals surface area contributed by atoms with Gasteiger partial charge in [0.1, 0.15) is 0 Å². The molecule has 1 saturated carbocycles. The molecule has 0 aromatic carbocycles. The van der Waals surface area contributed by atoms with E-state index in [0.29, 0.717) is 11.8 Å². The standard InChI is InChI=1S/C8H12N2/c9-3-7-4-10-5-8(7)6-1-2-6/h6-8,10H,1-2,4-5H2/t7-,8-/m0/s1. The molecule has 2 nitrogen and oxygen atoms in total. The molecule has 54 valence electrons. The highest BCUT2D eigenvalue weighted by atomic mass is 14.9. The largest absolute Gasteiger partial charge is 0.315 e. The van der Waals surface area contributed by atoms with E-state index in [0.717, 1.165) is 19.0 Å². The third-order valence-electron chi connectivity index (χ3n) is 2.65. The highest BCUT2D eigenvalue weighted by Crippen LogP contribution is 2.41. The molecule has 2 rings (SSSR count). The minimum absolute atomic E-state index is 0.312. The summed E-state index contributed by atoms with van der Waals surface area (Å²) in [6.45, 7) is 2.01. The van der Waals surface area contributed by atoms with Crippen molar-refractivity contribution in [3.8, 4) is 6.07 Å². The molecule has 0 spiro atoms. The fraction of sp³-hybridized carbons (Fsp3) is 0.875. The zero-order valence-corrected chi connectivity index (χ0v) is 6.01. The van der Waals surface area contributed by atoms with Crippen LogP contribution in [0.3, 0.4) is 0 Å². The third-order valence-corrected chi connectivity index (χ3v) is 2.65. The Morgan fingerprint density at radius 3 is 2.70 bits per heavy atom. The van der Waals surface area contributed by atoms with Gasteiger partial charge >= 0.3 is 0 Å². The van der Waals surface area contributed by atoms with E-state index in [1.807, 2.05) is 0 Å². The third kappa shape index (κ3) is 0.911. The van der Waals surface area contributed by atoms with Crippen LogP contribution in [-0.2, 0) is 0 Å². The van der Waals surface area contributed by atoms with Gasteiger partial charge in [0.05, 0.1) is 12.0 Å². The van der Waals surface area contributed by atoms with Gasteiger partial charge in [-0.1, -0.05) is 0 Å². The lowest BCUT2D eigenvalue weighted by atomic mass is 9.93. The van der Waals surface area contributed by atoms with Crippen molar-refractivity contribution in [3.63, 3.8) is 0 Å². The Balaban J connectivity index is 1.99. The monoisotopic (exact) mass is 136 g/mol. The fourth-order valence-corrected chi connectivity index (χ4v) is 1.86. The topological polar surface area (TPSA) is 35.8 Å². The summed E-state index contributed by atoms with van der Waals surface area (Å²) in [5, 5.41) is 12.0. The molecule has 1 N–H and O–H groups in total. The highest BCUT2D eigenvalue weighted by molar-refractivity contribution is 5.00. The van der Waals surface area contributed by atoms with Crippen LogP contribution in [0, 0.1) is 29.1 Å². The van der Waals surface area contributed by atoms with E-state index < -0.39 is 0 Å². The predicted molar refractivity (Wildman–Crippen MR) is 38.2 cm³/mol. The molecule has 1 aliphatic heterocycles. The Morgan fingerprint density at radius 1 is 1.30 bits per heavy atom. The van der Waals surface area contributed by atoms with E-state index in [1.165, 1.54) is 12.8 Å². The number of rotatable bonds is 1. The van der Waals surface area contributed by atoms with Gasteiger partial charge in [0.25, 0.3) is 0 Å². The zero-order valence-electron chi connectivity index (χ0n) is 6.01. The van der Waals surface area contributed by atoms with Crippen LogP contribution >= 0.6 is 0 Å². The highest BCUT2D eigenvalue weighted by Gasteiger charge is 2.39. The Kier molecular flexibility index (Phi) is 1.39. The Bertz CT molecular complexity index is 167. The Hall–Kier alpha value is -0.550. The summed E-state index contributed by atoms with van der Waals surface area (Å²) in [5.74, 6) is 1.89. The van der Waals surface area contributed by atoms with Crippen molar-refractivity contribution < 1.29 is 0 Å². The number of nitrogens with one attached hydrogen (secondary N) is 1. The Morgan fingerprint density at radius 2 is 2.10 bits per heavy atom. The maximum Gasteiger partial charge on any atom is 0.0672 e. The first-order valence-electron chi connectivity index (χ1n) is 4.02. The van der Waals surface area contributed by atoms with Crippen molar-refractivity contribution in [2.75, 3.05) is 13.1 Å². The first-order chi connectivity index (χ1) is 4.92. The average Bonchev–Trinajstić information content (AvgIpc) is 2.69. The second-order valence-corrected chi connectivity index (χ2v) is 3.40. The quantitative estimate of drug-likeness (QED) is 0.577. The number of nitriles is 1. The van der Waals surface area contributed by atoms with Crippen LogP contribution in [0.15, 0.2) is 0 Å². The molecular formula is C8H12N2. The normalized spacial score (nSPS) is 39.5. The van der Waals surface area contributed by atoms with Crippen molar-refractivity contribution >= 4 is 0 Å². The van der Waals surface area contributed by atoms with E-state index in [1.54, 1.807) is 0 Å². The van der Waals surface area contributed by atoms with E-state index in [9.17, 15) is 0 Å². The molecular weight excluding hydrogens is 124 g/mol. The molecule has 2 heteroatoms. The van der Waals surface area contributed by atoms with Gasteiger partial charge in [-0.3, -0.25) is 0 Å². The summed E-state index contributed by atoms with van der Waals surface area (Å²) in [4.78, 5) is 0. The molecule has 0 unspecified atom stereocenters. The predicted octanol–water partition coefficient (Wildman–Crippen LogP) is 0.756. The summed E-state index contributed by atoms with van der Waals surface area (Å²) in [7, 11) is 0. The molecule has 0 bridgehead atoms. The van der Waals surface area contributed by atoms with Crippen molar-refractivity contribution in [1.82, 2.24) is 5.32 Å². The lowest BCUT2D eigenvalue weighted by molar-refractivity contribution is 0.442. The minimum Gasteiger partial charge on any atom is -0.315 e. The molecule has 2 fully saturated rings. The summed E-state index contributed by atoms with van der Waals surface area (Å²) >= 11 is 0. The molecule has 1 saturated heterocycles. The van der Waals surface area contributed by atoms with Gasteiger partial charge in [-0.25, -0.2) is 0 Å². The van der Waals surface area contributed by atoms with Crippen LogP contribution < -0.4 is 5.32 Å². The summed E-state index contributed by atoms with van der Waals surface area (Å²) in [5.41, 5.74) is 0. The summed E-state index contributed by atoms with van der Waals surface area (Å²) < 4.78 is 0. The molecule has 0 aromatic rings. The van der Waals surface area contributed by atoms with Gasteiger partial charge in [0.15, 0.2) is 0 Å². The van der Waals surface area contributed by atoms with Crippen molar-refractivity contribution in [1.29, 1.82) is 5.26 Å². The fourth-order valence-electron chi connectivity index (χ4n) is 1.86. The SMILES string of the molecule is N#C[C@H]1CNC[C@H]1C1CC1. The van der Waals surface area contributed by atoms with Crippen LogP contribution in [0.5, 0.6) is 0 Å². The first kappa shape index (κ1) is 6.18. The number of nitrogens with zero attached hydrogens (tertiary/aromatic N) is 1. The zero-order chi connectivity index (χ0) is 6.97. The molecule has 0 aromatic heterocycles. The second-order valence-electron chi connectivity index (χ2n) is 3.40. The van der Waals surface area contributed by atoms with E-state index in [4.69, 9.17) is 5.26 Å². The summed E-state index contributed by atoms with van der Waals surface area (Å²) in [6.07, 6.45) is 2.73. The maximum atomic E-state index is 8.72. The van der Waals surface area contributed by atoms with Crippen LogP contribution in [0.1, 0.15) is 12.8 Å². The van der Waals surface area contributed by atoms with Gasteiger partial charge in [-0.05, 0) is 31.2 Å². The maximum absolute atomic E-state index is 8.72. The molecule has 2 aliphatic rings. The van der Waals surface area contributed by atoms with E-state index in [-0.39, 0.29) is 0 Å². The number of hydrogen-bond donors (Lipinski definition) is 1. The lowest BCUT2D eigenvalue weighted by Crippen LogP contribution is -2.12. The minimum atomic E-state index is 0.312. The molecule has 2 atom stereocenters. The first-order valence-corrected chi connectivity index (χ1v) is 4.02. The molecule has 1 heterocycles. The van der Waals surface area contributed by atoms with Gasteiger partial charge in [0, 0.05) is 6.54 Å². The average molecular weight is 136 g/mol. The molecule has 10 heavy (non-hydrogen) atoms. The van der Waals surface area contributed by atoms with Gasteiger partial charge in [-0.15, -0.1) is 0 Å². The van der Waals surface area contributed by atoms with Crippen LogP contribution in [-0.4, -0.2) is 13.1 Å². The van der Waals surface area contributed by atoms with Gasteiger partial charge < -0.3 is 5.32 Å². The van der Waals surface area contributed by atoms with Crippen molar-refractivity contribution in [2.45, 2.75) is 12.8 Å². The molecule has 0 radical (unpaired) electrons. The van der Waals surface area contributed by atoms with Crippen LogP contribution in [0.25, 0.3) is 0 Å². The lowest BCUT2D eigenvalue weighted by Gasteiger charge is -2.08. The van der Waals surface area contributed by atoms with Crippen molar-refractivity contribution in [3.05, 3.63) is 0 Å². The molecule has 1 aliphatic carbocycles. The van der Waals surface area contributed by atoms with Crippen molar-refractivity contribution in [2.24, 2.45) is 17.8 Å².